The molecule has 5 heteroatoms. The number of aryl methyl sites for hydroxylation is 3. The lowest BCUT2D eigenvalue weighted by Crippen LogP contribution is -2.14. The first-order chi connectivity index (χ1) is 10.5. The number of aromatic nitrogens is 2. The lowest BCUT2D eigenvalue weighted by Gasteiger charge is -2.10. The maximum atomic E-state index is 12.3. The minimum Gasteiger partial charge on any atom is -0.306 e. The smallest absolute Gasteiger partial charge is 0.266 e. The topological polar surface area (TPSA) is 46.9 Å². The Kier molecular flexibility index (Phi) is 3.81. The molecule has 0 aliphatic rings. The zero-order valence-corrected chi connectivity index (χ0v) is 13.6. The molecule has 2 aromatic heterocycles. The number of carbonyl (C=O) groups excluding carboxylic acids is 1. The molecule has 22 heavy (non-hydrogen) atoms. The molecule has 3 rings (SSSR count). The molecule has 1 amide bonds. The van der Waals surface area contributed by atoms with Crippen LogP contribution in [0.4, 0.5) is 5.82 Å². The Morgan fingerprint density at radius 3 is 2.50 bits per heavy atom. The van der Waals surface area contributed by atoms with Gasteiger partial charge < -0.3 is 5.32 Å². The highest BCUT2D eigenvalue weighted by Gasteiger charge is 2.13. The molecule has 0 fully saturated rings. The van der Waals surface area contributed by atoms with Crippen LogP contribution < -0.4 is 5.32 Å². The SMILES string of the molecule is Cc1cc(C)cc(-n2nc(C)cc2NC(=O)c2cccs2)c1. The summed E-state index contributed by atoms with van der Waals surface area (Å²) in [4.78, 5) is 12.9. The van der Waals surface area contributed by atoms with Gasteiger partial charge in [0.1, 0.15) is 5.82 Å². The quantitative estimate of drug-likeness (QED) is 0.791. The Balaban J connectivity index is 1.98. The fourth-order valence-electron chi connectivity index (χ4n) is 2.44. The van der Waals surface area contributed by atoms with Crippen LogP contribution in [0, 0.1) is 20.8 Å². The Hall–Kier alpha value is -2.40. The van der Waals surface area contributed by atoms with E-state index in [9.17, 15) is 4.79 Å². The molecule has 4 nitrogen and oxygen atoms in total. The van der Waals surface area contributed by atoms with Gasteiger partial charge in [-0.1, -0.05) is 12.1 Å². The molecule has 112 valence electrons. The first-order valence-electron chi connectivity index (χ1n) is 7.03. The van der Waals surface area contributed by atoms with E-state index in [1.165, 1.54) is 22.5 Å². The molecule has 1 aromatic carbocycles. The largest absolute Gasteiger partial charge is 0.306 e. The van der Waals surface area contributed by atoms with E-state index in [1.807, 2.05) is 30.5 Å². The van der Waals surface area contributed by atoms with Crippen molar-refractivity contribution in [2.24, 2.45) is 0 Å². The van der Waals surface area contributed by atoms with Crippen molar-refractivity contribution in [3.05, 3.63) is 63.5 Å². The number of hydrogen-bond acceptors (Lipinski definition) is 3. The van der Waals surface area contributed by atoms with Crippen LogP contribution in [0.2, 0.25) is 0 Å². The third kappa shape index (κ3) is 2.94. The van der Waals surface area contributed by atoms with Crippen LogP contribution >= 0.6 is 11.3 Å². The van der Waals surface area contributed by atoms with E-state index in [-0.39, 0.29) is 5.91 Å². The number of hydrogen-bond donors (Lipinski definition) is 1. The Bertz CT molecular complexity index is 798. The van der Waals surface area contributed by atoms with Crippen molar-refractivity contribution in [1.82, 2.24) is 9.78 Å². The van der Waals surface area contributed by atoms with Crippen LogP contribution in [0.5, 0.6) is 0 Å². The summed E-state index contributed by atoms with van der Waals surface area (Å²) in [5, 5.41) is 9.34. The normalized spacial score (nSPS) is 10.7. The van der Waals surface area contributed by atoms with Crippen LogP contribution in [0.1, 0.15) is 26.5 Å². The van der Waals surface area contributed by atoms with Crippen molar-refractivity contribution < 1.29 is 4.79 Å². The number of amides is 1. The lowest BCUT2D eigenvalue weighted by atomic mass is 10.1. The van der Waals surface area contributed by atoms with E-state index in [1.54, 1.807) is 4.68 Å². The third-order valence-electron chi connectivity index (χ3n) is 3.27. The fraction of sp³-hybridized carbons (Fsp3) is 0.176. The maximum Gasteiger partial charge on any atom is 0.266 e. The van der Waals surface area contributed by atoms with Crippen molar-refractivity contribution in [2.45, 2.75) is 20.8 Å². The van der Waals surface area contributed by atoms with Gasteiger partial charge in [0, 0.05) is 6.07 Å². The van der Waals surface area contributed by atoms with Gasteiger partial charge in [0.05, 0.1) is 16.3 Å². The summed E-state index contributed by atoms with van der Waals surface area (Å²) in [6.45, 7) is 6.02. The van der Waals surface area contributed by atoms with Crippen molar-refractivity contribution in [3.63, 3.8) is 0 Å². The molecule has 1 N–H and O–H groups in total. The molecular weight excluding hydrogens is 294 g/mol. The molecule has 0 atom stereocenters. The molecule has 0 radical (unpaired) electrons. The predicted octanol–water partition coefficient (Wildman–Crippen LogP) is 4.11. The van der Waals surface area contributed by atoms with E-state index in [0.29, 0.717) is 10.7 Å². The van der Waals surface area contributed by atoms with Gasteiger partial charge in [-0.25, -0.2) is 4.68 Å². The fourth-order valence-corrected chi connectivity index (χ4v) is 3.06. The van der Waals surface area contributed by atoms with Gasteiger partial charge in [0.2, 0.25) is 0 Å². The number of carbonyl (C=O) groups is 1. The molecule has 0 aliphatic heterocycles. The van der Waals surface area contributed by atoms with Crippen LogP contribution in [0.25, 0.3) is 5.69 Å². The van der Waals surface area contributed by atoms with Crippen LogP contribution in [-0.4, -0.2) is 15.7 Å². The summed E-state index contributed by atoms with van der Waals surface area (Å²) in [5.74, 6) is 0.571. The number of nitrogens with zero attached hydrogens (tertiary/aromatic N) is 2. The van der Waals surface area contributed by atoms with Gasteiger partial charge in [-0.15, -0.1) is 11.3 Å². The van der Waals surface area contributed by atoms with E-state index in [4.69, 9.17) is 0 Å². The van der Waals surface area contributed by atoms with Crippen molar-refractivity contribution in [1.29, 1.82) is 0 Å². The highest BCUT2D eigenvalue weighted by molar-refractivity contribution is 7.12. The van der Waals surface area contributed by atoms with Gasteiger partial charge in [0.15, 0.2) is 0 Å². The van der Waals surface area contributed by atoms with Crippen molar-refractivity contribution >= 4 is 23.1 Å². The molecule has 0 saturated carbocycles. The Labute approximate surface area is 133 Å². The van der Waals surface area contributed by atoms with Gasteiger partial charge in [-0.05, 0) is 55.5 Å². The van der Waals surface area contributed by atoms with Crippen LogP contribution in [-0.2, 0) is 0 Å². The zero-order valence-electron chi connectivity index (χ0n) is 12.8. The molecule has 0 saturated heterocycles. The second-order valence-electron chi connectivity index (χ2n) is 5.36. The summed E-state index contributed by atoms with van der Waals surface area (Å²) < 4.78 is 1.78. The van der Waals surface area contributed by atoms with Crippen LogP contribution in [0.15, 0.2) is 41.8 Å². The van der Waals surface area contributed by atoms with Gasteiger partial charge >= 0.3 is 0 Å². The van der Waals surface area contributed by atoms with E-state index in [0.717, 1.165) is 11.4 Å². The van der Waals surface area contributed by atoms with E-state index in [2.05, 4.69) is 42.5 Å². The van der Waals surface area contributed by atoms with Gasteiger partial charge in [-0.2, -0.15) is 5.10 Å². The minimum absolute atomic E-state index is 0.111. The minimum atomic E-state index is -0.111. The monoisotopic (exact) mass is 311 g/mol. The van der Waals surface area contributed by atoms with Crippen molar-refractivity contribution in [3.8, 4) is 5.69 Å². The average Bonchev–Trinajstić information content (AvgIpc) is 3.07. The standard InChI is InChI=1S/C17H17N3OS/c1-11-7-12(2)9-14(8-11)20-16(10-13(3)19-20)18-17(21)15-5-4-6-22-15/h4-10H,1-3H3,(H,18,21). The van der Waals surface area contributed by atoms with Gasteiger partial charge in [0.25, 0.3) is 5.91 Å². The summed E-state index contributed by atoms with van der Waals surface area (Å²) in [6, 6.07) is 11.8. The molecule has 0 unspecified atom stereocenters. The predicted molar refractivity (Wildman–Crippen MR) is 90.0 cm³/mol. The molecule has 0 aliphatic carbocycles. The average molecular weight is 311 g/mol. The number of thiophene rings is 1. The molecule has 3 aromatic rings. The summed E-state index contributed by atoms with van der Waals surface area (Å²) >= 11 is 1.42. The maximum absolute atomic E-state index is 12.3. The summed E-state index contributed by atoms with van der Waals surface area (Å²) in [5.41, 5.74) is 4.14. The van der Waals surface area contributed by atoms with E-state index >= 15 is 0 Å². The first-order valence-corrected chi connectivity index (χ1v) is 7.91. The number of rotatable bonds is 3. The summed E-state index contributed by atoms with van der Waals surface area (Å²) in [7, 11) is 0. The zero-order chi connectivity index (χ0) is 15.7. The molecular formula is C17H17N3OS. The second-order valence-corrected chi connectivity index (χ2v) is 6.31. The second kappa shape index (κ2) is 5.77. The number of benzene rings is 1. The number of anilines is 1. The third-order valence-corrected chi connectivity index (χ3v) is 4.14. The molecule has 0 bridgehead atoms. The van der Waals surface area contributed by atoms with Crippen LogP contribution in [0.3, 0.4) is 0 Å². The van der Waals surface area contributed by atoms with E-state index < -0.39 is 0 Å². The number of nitrogens with one attached hydrogen (secondary N) is 1. The Morgan fingerprint density at radius 2 is 1.86 bits per heavy atom. The highest BCUT2D eigenvalue weighted by Crippen LogP contribution is 2.21. The van der Waals surface area contributed by atoms with Crippen molar-refractivity contribution in [2.75, 3.05) is 5.32 Å². The first kappa shape index (κ1) is 14.5. The summed E-state index contributed by atoms with van der Waals surface area (Å²) in [6.07, 6.45) is 0. The van der Waals surface area contributed by atoms with Gasteiger partial charge in [-0.3, -0.25) is 4.79 Å². The Morgan fingerprint density at radius 1 is 1.14 bits per heavy atom. The lowest BCUT2D eigenvalue weighted by molar-refractivity contribution is 0.103. The molecule has 2 heterocycles. The highest BCUT2D eigenvalue weighted by atomic mass is 32.1. The molecule has 0 spiro atoms.